The number of carboxylic acids is 1. The summed E-state index contributed by atoms with van der Waals surface area (Å²) in [5.41, 5.74) is 1.22. The molecule has 2 saturated heterocycles. The van der Waals surface area contributed by atoms with Crippen LogP contribution in [0.15, 0.2) is 30.3 Å². The Morgan fingerprint density at radius 1 is 1.09 bits per heavy atom. The topological polar surface area (TPSA) is 60.9 Å². The number of hydrogen-bond donors (Lipinski definition) is 1. The molecule has 2 aliphatic rings. The normalized spacial score (nSPS) is 25.5. The van der Waals surface area contributed by atoms with E-state index in [2.05, 4.69) is 17.0 Å². The average Bonchev–Trinajstić information content (AvgIpc) is 3.03. The highest BCUT2D eigenvalue weighted by molar-refractivity contribution is 5.83. The van der Waals surface area contributed by atoms with Crippen molar-refractivity contribution in [3.8, 4) is 0 Å². The van der Waals surface area contributed by atoms with E-state index in [1.54, 1.807) is 4.90 Å². The second kappa shape index (κ2) is 7.13. The maximum absolute atomic E-state index is 12.9. The zero-order valence-corrected chi connectivity index (χ0v) is 13.4. The van der Waals surface area contributed by atoms with E-state index in [1.807, 2.05) is 18.2 Å². The molecular formula is C18H24N2O3. The molecule has 124 valence electrons. The van der Waals surface area contributed by atoms with Crippen LogP contribution in [0.4, 0.5) is 0 Å². The summed E-state index contributed by atoms with van der Waals surface area (Å²) in [6.07, 6.45) is 3.37. The molecular weight excluding hydrogens is 292 g/mol. The van der Waals surface area contributed by atoms with Crippen LogP contribution >= 0.6 is 0 Å². The van der Waals surface area contributed by atoms with Crippen molar-refractivity contribution in [2.24, 2.45) is 5.92 Å². The molecule has 0 aliphatic carbocycles. The first kappa shape index (κ1) is 16.0. The van der Waals surface area contributed by atoms with Crippen molar-refractivity contribution in [1.29, 1.82) is 0 Å². The Kier molecular flexibility index (Phi) is 4.96. The molecule has 1 N–H and O–H groups in total. The molecule has 0 radical (unpaired) electrons. The minimum absolute atomic E-state index is 0.0947. The number of rotatable bonds is 4. The summed E-state index contributed by atoms with van der Waals surface area (Å²) in [6.45, 7) is 2.77. The second-order valence-corrected chi connectivity index (χ2v) is 6.58. The van der Waals surface area contributed by atoms with Crippen LogP contribution in [0.2, 0.25) is 0 Å². The highest BCUT2D eigenvalue weighted by atomic mass is 16.4. The Labute approximate surface area is 136 Å². The highest BCUT2D eigenvalue weighted by Crippen LogP contribution is 2.24. The van der Waals surface area contributed by atoms with Gasteiger partial charge in [0, 0.05) is 19.6 Å². The SMILES string of the molecule is O=C(O)[C@@H]1CCCN(C(=O)[C@@H]2CCCN2Cc2ccccc2)C1. The lowest BCUT2D eigenvalue weighted by molar-refractivity contribution is -0.147. The van der Waals surface area contributed by atoms with Crippen molar-refractivity contribution in [2.75, 3.05) is 19.6 Å². The highest BCUT2D eigenvalue weighted by Gasteiger charge is 2.36. The first-order valence-corrected chi connectivity index (χ1v) is 8.44. The molecule has 2 heterocycles. The number of aliphatic carboxylic acids is 1. The number of carbonyl (C=O) groups is 2. The molecule has 0 spiro atoms. The minimum Gasteiger partial charge on any atom is -0.481 e. The largest absolute Gasteiger partial charge is 0.481 e. The van der Waals surface area contributed by atoms with Gasteiger partial charge < -0.3 is 10.0 Å². The Balaban J connectivity index is 1.64. The van der Waals surface area contributed by atoms with Gasteiger partial charge in [0.1, 0.15) is 0 Å². The summed E-state index contributed by atoms with van der Waals surface area (Å²) in [4.78, 5) is 28.1. The number of nitrogens with zero attached hydrogens (tertiary/aromatic N) is 2. The molecule has 1 amide bonds. The first-order chi connectivity index (χ1) is 11.1. The Morgan fingerprint density at radius 3 is 2.57 bits per heavy atom. The fraction of sp³-hybridized carbons (Fsp3) is 0.556. The second-order valence-electron chi connectivity index (χ2n) is 6.58. The van der Waals surface area contributed by atoms with Crippen LogP contribution in [0.3, 0.4) is 0 Å². The molecule has 2 aliphatic heterocycles. The van der Waals surface area contributed by atoms with Crippen molar-refractivity contribution >= 4 is 11.9 Å². The summed E-state index contributed by atoms with van der Waals surface area (Å²) in [7, 11) is 0. The molecule has 0 bridgehead atoms. The fourth-order valence-electron chi connectivity index (χ4n) is 3.70. The summed E-state index contributed by atoms with van der Waals surface area (Å²) in [6, 6.07) is 10.1. The van der Waals surface area contributed by atoms with Gasteiger partial charge in [0.05, 0.1) is 12.0 Å². The summed E-state index contributed by atoms with van der Waals surface area (Å²) in [5, 5.41) is 9.20. The lowest BCUT2D eigenvalue weighted by Crippen LogP contribution is -2.50. The number of hydrogen-bond acceptors (Lipinski definition) is 3. The summed E-state index contributed by atoms with van der Waals surface area (Å²) in [5.74, 6) is -1.07. The molecule has 1 aromatic carbocycles. The molecule has 5 heteroatoms. The lowest BCUT2D eigenvalue weighted by Gasteiger charge is -2.35. The summed E-state index contributed by atoms with van der Waals surface area (Å²) >= 11 is 0. The number of likely N-dealkylation sites (tertiary alicyclic amines) is 2. The van der Waals surface area contributed by atoms with Crippen LogP contribution in [0.5, 0.6) is 0 Å². The van der Waals surface area contributed by atoms with E-state index in [-0.39, 0.29) is 11.9 Å². The maximum atomic E-state index is 12.9. The van der Waals surface area contributed by atoms with Crippen molar-refractivity contribution in [2.45, 2.75) is 38.3 Å². The van der Waals surface area contributed by atoms with E-state index in [1.165, 1.54) is 5.56 Å². The van der Waals surface area contributed by atoms with Crippen LogP contribution in [-0.4, -0.2) is 52.5 Å². The van der Waals surface area contributed by atoms with Crippen LogP contribution in [0.1, 0.15) is 31.2 Å². The molecule has 1 aromatic rings. The van der Waals surface area contributed by atoms with Crippen molar-refractivity contribution in [3.63, 3.8) is 0 Å². The average molecular weight is 316 g/mol. The lowest BCUT2D eigenvalue weighted by atomic mass is 9.97. The minimum atomic E-state index is -0.782. The maximum Gasteiger partial charge on any atom is 0.308 e. The molecule has 0 saturated carbocycles. The van der Waals surface area contributed by atoms with Gasteiger partial charge in [-0.1, -0.05) is 30.3 Å². The van der Waals surface area contributed by atoms with E-state index in [9.17, 15) is 14.7 Å². The number of amides is 1. The van der Waals surface area contributed by atoms with Gasteiger partial charge in [0.2, 0.25) is 5.91 Å². The zero-order chi connectivity index (χ0) is 16.2. The molecule has 3 rings (SSSR count). The van der Waals surface area contributed by atoms with Gasteiger partial charge in [0.25, 0.3) is 0 Å². The third-order valence-corrected chi connectivity index (χ3v) is 4.96. The van der Waals surface area contributed by atoms with Crippen LogP contribution in [0, 0.1) is 5.92 Å². The zero-order valence-electron chi connectivity index (χ0n) is 13.4. The van der Waals surface area contributed by atoms with Crippen molar-refractivity contribution < 1.29 is 14.7 Å². The smallest absolute Gasteiger partial charge is 0.308 e. The monoisotopic (exact) mass is 316 g/mol. The standard InChI is InChI=1S/C18H24N2O3/c21-17(20-11-4-8-15(13-20)18(22)23)16-9-5-10-19(16)12-14-6-2-1-3-7-14/h1-3,6-7,15-16H,4-5,8-13H2,(H,22,23)/t15-,16+/m1/s1. The van der Waals surface area contributed by atoms with Crippen LogP contribution < -0.4 is 0 Å². The number of piperidine rings is 1. The molecule has 2 fully saturated rings. The van der Waals surface area contributed by atoms with Crippen molar-refractivity contribution in [1.82, 2.24) is 9.80 Å². The third kappa shape index (κ3) is 3.72. The number of carboxylic acid groups (broad SMARTS) is 1. The van der Waals surface area contributed by atoms with Crippen LogP contribution in [-0.2, 0) is 16.1 Å². The Hall–Kier alpha value is -1.88. The molecule has 0 aromatic heterocycles. The molecule has 23 heavy (non-hydrogen) atoms. The van der Waals surface area contributed by atoms with Gasteiger partial charge in [0.15, 0.2) is 0 Å². The van der Waals surface area contributed by atoms with Gasteiger partial charge in [-0.3, -0.25) is 14.5 Å². The van der Waals surface area contributed by atoms with Crippen molar-refractivity contribution in [3.05, 3.63) is 35.9 Å². The van der Waals surface area contributed by atoms with Gasteiger partial charge in [-0.05, 0) is 37.8 Å². The molecule has 2 atom stereocenters. The molecule has 5 nitrogen and oxygen atoms in total. The Bertz CT molecular complexity index is 561. The third-order valence-electron chi connectivity index (χ3n) is 4.96. The van der Waals surface area contributed by atoms with E-state index in [0.717, 1.165) is 32.4 Å². The fourth-order valence-corrected chi connectivity index (χ4v) is 3.70. The van der Waals surface area contributed by atoms with E-state index < -0.39 is 11.9 Å². The van der Waals surface area contributed by atoms with Gasteiger partial charge in [-0.25, -0.2) is 0 Å². The predicted molar refractivity (Wildman–Crippen MR) is 86.8 cm³/mol. The van der Waals surface area contributed by atoms with Gasteiger partial charge in [-0.15, -0.1) is 0 Å². The van der Waals surface area contributed by atoms with E-state index >= 15 is 0 Å². The summed E-state index contributed by atoms with van der Waals surface area (Å²) < 4.78 is 0. The number of carbonyl (C=O) groups excluding carboxylic acids is 1. The van der Waals surface area contributed by atoms with Crippen LogP contribution in [0.25, 0.3) is 0 Å². The van der Waals surface area contributed by atoms with E-state index in [4.69, 9.17) is 0 Å². The quantitative estimate of drug-likeness (QED) is 0.922. The Morgan fingerprint density at radius 2 is 1.83 bits per heavy atom. The first-order valence-electron chi connectivity index (χ1n) is 8.44. The predicted octanol–water partition coefficient (Wildman–Crippen LogP) is 1.97. The number of benzene rings is 1. The molecule has 0 unspecified atom stereocenters. The van der Waals surface area contributed by atoms with E-state index in [0.29, 0.717) is 19.5 Å². The van der Waals surface area contributed by atoms with Gasteiger partial charge >= 0.3 is 5.97 Å². The van der Waals surface area contributed by atoms with Gasteiger partial charge in [-0.2, -0.15) is 0 Å².